The molecule has 0 radical (unpaired) electrons. The molecule has 1 aliphatic heterocycles. The lowest BCUT2D eigenvalue weighted by atomic mass is 10.3. The van der Waals surface area contributed by atoms with Gasteiger partial charge in [-0.3, -0.25) is 14.9 Å². The first-order valence-electron chi connectivity index (χ1n) is 8.10. The molecule has 0 bridgehead atoms. The van der Waals surface area contributed by atoms with Crippen LogP contribution in [0.25, 0.3) is 0 Å². The van der Waals surface area contributed by atoms with Gasteiger partial charge in [-0.1, -0.05) is 0 Å². The van der Waals surface area contributed by atoms with Crippen molar-refractivity contribution < 1.29 is 22.9 Å². The van der Waals surface area contributed by atoms with Crippen LogP contribution < -0.4 is 10.2 Å². The maximum atomic E-state index is 12.3. The molecule has 1 saturated heterocycles. The Morgan fingerprint density at radius 3 is 2.50 bits per heavy atom. The number of aromatic nitrogens is 2. The Morgan fingerprint density at radius 1 is 1.31 bits per heavy atom. The third kappa shape index (κ3) is 4.49. The van der Waals surface area contributed by atoms with Gasteiger partial charge in [0.15, 0.2) is 0 Å². The molecule has 26 heavy (non-hydrogen) atoms. The summed E-state index contributed by atoms with van der Waals surface area (Å²) in [5, 5.41) is 14.1. The molecular weight excluding hydrogens is 357 g/mol. The van der Waals surface area contributed by atoms with E-state index in [1.54, 1.807) is 4.90 Å². The van der Waals surface area contributed by atoms with Gasteiger partial charge in [-0.05, 0) is 12.8 Å². The summed E-state index contributed by atoms with van der Waals surface area (Å²) in [6.07, 6.45) is -3.06. The van der Waals surface area contributed by atoms with Gasteiger partial charge in [0.1, 0.15) is 12.6 Å². The second kappa shape index (κ2) is 6.92. The molecule has 142 valence electrons. The van der Waals surface area contributed by atoms with Crippen LogP contribution in [0.5, 0.6) is 0 Å². The lowest BCUT2D eigenvalue weighted by Crippen LogP contribution is -2.50. The van der Waals surface area contributed by atoms with Gasteiger partial charge in [0, 0.05) is 32.2 Å². The minimum absolute atomic E-state index is 0.112. The van der Waals surface area contributed by atoms with Gasteiger partial charge >= 0.3 is 11.9 Å². The number of alkyl halides is 3. The van der Waals surface area contributed by atoms with Crippen LogP contribution in [0.4, 0.5) is 30.6 Å². The zero-order valence-electron chi connectivity index (χ0n) is 13.7. The fraction of sp³-hybridized carbons (Fsp3) is 0.643. The molecule has 3 rings (SSSR count). The Kier molecular flexibility index (Phi) is 4.83. The van der Waals surface area contributed by atoms with Gasteiger partial charge in [-0.15, -0.1) is 0 Å². The minimum Gasteiger partial charge on any atom is -0.361 e. The fourth-order valence-corrected chi connectivity index (χ4v) is 2.62. The molecule has 9 nitrogen and oxygen atoms in total. The highest BCUT2D eigenvalue weighted by molar-refractivity contribution is 5.77. The highest BCUT2D eigenvalue weighted by Gasteiger charge is 2.35. The number of carbonyl (C=O) groups is 1. The third-order valence-corrected chi connectivity index (χ3v) is 4.14. The van der Waals surface area contributed by atoms with E-state index in [9.17, 15) is 28.1 Å². The molecule has 1 amide bonds. The zero-order valence-corrected chi connectivity index (χ0v) is 13.7. The summed E-state index contributed by atoms with van der Waals surface area (Å²) >= 11 is 0. The van der Waals surface area contributed by atoms with Gasteiger partial charge in [0.25, 0.3) is 0 Å². The van der Waals surface area contributed by atoms with Crippen molar-refractivity contribution >= 4 is 23.4 Å². The monoisotopic (exact) mass is 374 g/mol. The summed E-state index contributed by atoms with van der Waals surface area (Å²) < 4.78 is 37.0. The normalized spacial score (nSPS) is 18.0. The Hall–Kier alpha value is -2.66. The van der Waals surface area contributed by atoms with Gasteiger partial charge in [-0.25, -0.2) is 4.98 Å². The van der Waals surface area contributed by atoms with E-state index in [-0.39, 0.29) is 49.7 Å². The number of halogens is 3. The summed E-state index contributed by atoms with van der Waals surface area (Å²) in [6.45, 7) is 0.732. The Labute approximate surface area is 146 Å². The Morgan fingerprint density at radius 2 is 1.96 bits per heavy atom. The first kappa shape index (κ1) is 18.1. The number of hydrogen-bond donors (Lipinski definition) is 1. The van der Waals surface area contributed by atoms with Crippen LogP contribution in [-0.4, -0.2) is 64.1 Å². The number of nitrogens with zero attached hydrogens (tertiary/aromatic N) is 5. The van der Waals surface area contributed by atoms with Crippen molar-refractivity contribution in [2.75, 3.05) is 36.4 Å². The number of piperazine rings is 1. The van der Waals surface area contributed by atoms with E-state index in [2.05, 4.69) is 15.3 Å². The predicted molar refractivity (Wildman–Crippen MR) is 84.8 cm³/mol. The number of rotatable bonds is 5. The van der Waals surface area contributed by atoms with Gasteiger partial charge < -0.3 is 15.1 Å². The largest absolute Gasteiger partial charge is 0.397 e. The standard InChI is InChI=1S/C14H17F3N6O3/c15-14(16,17)7-11(24)21-3-5-22(6-4-21)13-18-8-10(23(25)26)12(20-13)19-9-1-2-9/h8-9H,1-7H2,(H,18,19,20). The number of anilines is 2. The highest BCUT2D eigenvalue weighted by Crippen LogP contribution is 2.30. The van der Waals surface area contributed by atoms with Crippen LogP contribution >= 0.6 is 0 Å². The average molecular weight is 374 g/mol. The first-order chi connectivity index (χ1) is 12.2. The molecule has 1 aromatic rings. The van der Waals surface area contributed by atoms with Crippen molar-refractivity contribution in [1.82, 2.24) is 14.9 Å². The van der Waals surface area contributed by atoms with Crippen molar-refractivity contribution in [2.45, 2.75) is 31.5 Å². The SMILES string of the molecule is O=C(CC(F)(F)F)N1CCN(c2ncc([N+](=O)[O-])c(NC3CC3)n2)CC1. The zero-order chi connectivity index (χ0) is 18.9. The van der Waals surface area contributed by atoms with Crippen molar-refractivity contribution in [3.63, 3.8) is 0 Å². The summed E-state index contributed by atoms with van der Waals surface area (Å²) in [7, 11) is 0. The molecule has 1 saturated carbocycles. The van der Waals surface area contributed by atoms with Crippen LogP contribution in [0.15, 0.2) is 6.20 Å². The van der Waals surface area contributed by atoms with Crippen LogP contribution in [0.1, 0.15) is 19.3 Å². The smallest absolute Gasteiger partial charge is 0.361 e. The van der Waals surface area contributed by atoms with Crippen LogP contribution in [0, 0.1) is 10.1 Å². The van der Waals surface area contributed by atoms with Crippen molar-refractivity contribution in [1.29, 1.82) is 0 Å². The average Bonchev–Trinajstić information content (AvgIpc) is 3.37. The molecule has 0 unspecified atom stereocenters. The fourth-order valence-electron chi connectivity index (χ4n) is 2.62. The van der Waals surface area contributed by atoms with Crippen molar-refractivity contribution in [2.24, 2.45) is 0 Å². The molecular formula is C14H17F3N6O3. The van der Waals surface area contributed by atoms with Gasteiger partial charge in [0.2, 0.25) is 17.7 Å². The van der Waals surface area contributed by atoms with Crippen molar-refractivity contribution in [3.05, 3.63) is 16.3 Å². The van der Waals surface area contributed by atoms with Gasteiger partial charge in [0.05, 0.1) is 4.92 Å². The summed E-state index contributed by atoms with van der Waals surface area (Å²) in [5.74, 6) is -0.572. The van der Waals surface area contributed by atoms with Gasteiger partial charge in [-0.2, -0.15) is 18.2 Å². The summed E-state index contributed by atoms with van der Waals surface area (Å²) in [5.41, 5.74) is -0.223. The second-order valence-corrected chi connectivity index (χ2v) is 6.24. The lowest BCUT2D eigenvalue weighted by molar-refractivity contribution is -0.384. The maximum absolute atomic E-state index is 12.3. The number of nitro groups is 1. The molecule has 2 heterocycles. The van der Waals surface area contributed by atoms with Crippen LogP contribution in [-0.2, 0) is 4.79 Å². The molecule has 1 N–H and O–H groups in total. The number of hydrogen-bond acceptors (Lipinski definition) is 7. The molecule has 2 aliphatic rings. The number of amides is 1. The van der Waals surface area contributed by atoms with E-state index in [1.807, 2.05) is 0 Å². The molecule has 0 spiro atoms. The van der Waals surface area contributed by atoms with E-state index in [0.717, 1.165) is 23.9 Å². The molecule has 0 aromatic carbocycles. The first-order valence-corrected chi connectivity index (χ1v) is 8.10. The molecule has 1 aliphatic carbocycles. The summed E-state index contributed by atoms with van der Waals surface area (Å²) in [4.78, 5) is 33.2. The predicted octanol–water partition coefficient (Wildman–Crippen LogP) is 1.56. The Balaban J connectivity index is 1.65. The third-order valence-electron chi connectivity index (χ3n) is 4.14. The van der Waals surface area contributed by atoms with E-state index in [4.69, 9.17) is 0 Å². The summed E-state index contributed by atoms with van der Waals surface area (Å²) in [6, 6.07) is 0.160. The van der Waals surface area contributed by atoms with Crippen LogP contribution in [0.2, 0.25) is 0 Å². The van der Waals surface area contributed by atoms with E-state index < -0.39 is 23.4 Å². The highest BCUT2D eigenvalue weighted by atomic mass is 19.4. The lowest BCUT2D eigenvalue weighted by Gasteiger charge is -2.35. The quantitative estimate of drug-likeness (QED) is 0.616. The molecule has 1 aromatic heterocycles. The second-order valence-electron chi connectivity index (χ2n) is 6.24. The van der Waals surface area contributed by atoms with E-state index in [0.29, 0.717) is 0 Å². The molecule has 12 heteroatoms. The Bertz CT molecular complexity index is 702. The maximum Gasteiger partial charge on any atom is 0.397 e. The van der Waals surface area contributed by atoms with E-state index in [1.165, 1.54) is 0 Å². The molecule has 2 fully saturated rings. The van der Waals surface area contributed by atoms with Crippen molar-refractivity contribution in [3.8, 4) is 0 Å². The topological polar surface area (TPSA) is 104 Å². The van der Waals surface area contributed by atoms with Crippen LogP contribution in [0.3, 0.4) is 0 Å². The number of carbonyl (C=O) groups excluding carboxylic acids is 1. The number of nitrogens with one attached hydrogen (secondary N) is 1. The molecule has 0 atom stereocenters. The van der Waals surface area contributed by atoms with E-state index >= 15 is 0 Å². The minimum atomic E-state index is -4.53.